The quantitative estimate of drug-likeness (QED) is 0.790. The number of hydrogen-bond donors (Lipinski definition) is 1. The van der Waals surface area contributed by atoms with Crippen LogP contribution in [0.5, 0.6) is 0 Å². The van der Waals surface area contributed by atoms with Crippen molar-refractivity contribution in [2.45, 2.75) is 44.6 Å². The molecule has 3 nitrogen and oxygen atoms in total. The molecule has 0 aromatic heterocycles. The summed E-state index contributed by atoms with van der Waals surface area (Å²) in [4.78, 5) is 5.16. The van der Waals surface area contributed by atoms with Crippen molar-refractivity contribution >= 4 is 0 Å². The highest BCUT2D eigenvalue weighted by Gasteiger charge is 2.38. The highest BCUT2D eigenvalue weighted by molar-refractivity contribution is 4.95. The molecule has 0 radical (unpaired) electrons. The lowest BCUT2D eigenvalue weighted by molar-refractivity contribution is 0.0791. The van der Waals surface area contributed by atoms with E-state index in [1.54, 1.807) is 0 Å². The Bertz CT molecular complexity index is 240. The normalized spacial score (nSPS) is 31.8. The lowest BCUT2D eigenvalue weighted by Crippen LogP contribution is -2.55. The van der Waals surface area contributed by atoms with Gasteiger partial charge in [-0.05, 0) is 64.7 Å². The van der Waals surface area contributed by atoms with Crippen LogP contribution in [0.3, 0.4) is 0 Å². The average Bonchev–Trinajstić information content (AvgIpc) is 3.15. The van der Waals surface area contributed by atoms with Gasteiger partial charge in [0.15, 0.2) is 0 Å². The molecule has 1 aliphatic carbocycles. The molecule has 2 rings (SSSR count). The number of likely N-dealkylation sites (tertiary alicyclic amines) is 1. The summed E-state index contributed by atoms with van der Waals surface area (Å²) in [6, 6.07) is 0. The van der Waals surface area contributed by atoms with E-state index in [1.807, 2.05) is 0 Å². The molecule has 2 aliphatic rings. The predicted octanol–water partition coefficient (Wildman–Crippen LogP) is 1.53. The largest absolute Gasteiger partial charge is 0.329 e. The van der Waals surface area contributed by atoms with E-state index in [-0.39, 0.29) is 0 Å². The van der Waals surface area contributed by atoms with E-state index in [0.717, 1.165) is 19.0 Å². The number of nitrogens with zero attached hydrogens (tertiary/aromatic N) is 2. The topological polar surface area (TPSA) is 32.5 Å². The van der Waals surface area contributed by atoms with Crippen LogP contribution in [0.1, 0.15) is 39.0 Å². The molecule has 17 heavy (non-hydrogen) atoms. The molecule has 1 saturated heterocycles. The van der Waals surface area contributed by atoms with Crippen LogP contribution in [0.4, 0.5) is 0 Å². The van der Waals surface area contributed by atoms with Gasteiger partial charge >= 0.3 is 0 Å². The highest BCUT2D eigenvalue weighted by atomic mass is 15.2. The summed E-state index contributed by atoms with van der Waals surface area (Å²) >= 11 is 0. The Morgan fingerprint density at radius 2 is 2.06 bits per heavy atom. The minimum Gasteiger partial charge on any atom is -0.329 e. The van der Waals surface area contributed by atoms with Crippen LogP contribution in [-0.4, -0.2) is 55.1 Å². The molecule has 2 fully saturated rings. The van der Waals surface area contributed by atoms with Crippen molar-refractivity contribution in [3.63, 3.8) is 0 Å². The van der Waals surface area contributed by atoms with Gasteiger partial charge in [-0.25, -0.2) is 0 Å². The Morgan fingerprint density at radius 1 is 1.29 bits per heavy atom. The minimum absolute atomic E-state index is 0.294. The molecule has 0 aromatic rings. The molecule has 0 amide bonds. The number of rotatable bonds is 5. The first-order valence-corrected chi connectivity index (χ1v) is 7.34. The number of nitrogens with two attached hydrogens (primary N) is 1. The summed E-state index contributed by atoms with van der Waals surface area (Å²) in [6.07, 6.45) is 6.72. The number of likely N-dealkylation sites (N-methyl/N-ethyl adjacent to an activating group) is 1. The summed E-state index contributed by atoms with van der Waals surface area (Å²) in [5.74, 6) is 0.972. The average molecular weight is 239 g/mol. The first-order chi connectivity index (χ1) is 8.20. The van der Waals surface area contributed by atoms with Crippen LogP contribution in [0.25, 0.3) is 0 Å². The Labute approximate surface area is 106 Å². The van der Waals surface area contributed by atoms with Gasteiger partial charge in [0.2, 0.25) is 0 Å². The molecule has 1 unspecified atom stereocenters. The Balaban J connectivity index is 2.03. The van der Waals surface area contributed by atoms with E-state index in [4.69, 9.17) is 5.73 Å². The summed E-state index contributed by atoms with van der Waals surface area (Å²) in [7, 11) is 2.24. The van der Waals surface area contributed by atoms with Crippen LogP contribution in [-0.2, 0) is 0 Å². The zero-order valence-corrected chi connectivity index (χ0v) is 11.6. The summed E-state index contributed by atoms with van der Waals surface area (Å²) in [6.45, 7) is 8.03. The van der Waals surface area contributed by atoms with E-state index in [9.17, 15) is 0 Å². The van der Waals surface area contributed by atoms with Gasteiger partial charge in [0.05, 0.1) is 0 Å². The Morgan fingerprint density at radius 3 is 2.65 bits per heavy atom. The monoisotopic (exact) mass is 239 g/mol. The molecule has 3 heteroatoms. The maximum absolute atomic E-state index is 6.17. The standard InChI is InChI=1S/C14H29N3/c1-3-17(11-13-5-6-13)14(12-15)7-4-9-16(2)10-8-14/h13H,3-12,15H2,1-2H3. The second-order valence-corrected chi connectivity index (χ2v) is 6.07. The van der Waals surface area contributed by atoms with E-state index >= 15 is 0 Å². The molecule has 2 N–H and O–H groups in total. The predicted molar refractivity (Wildman–Crippen MR) is 73.1 cm³/mol. The fraction of sp³-hybridized carbons (Fsp3) is 1.00. The third kappa shape index (κ3) is 3.21. The van der Waals surface area contributed by atoms with Crippen molar-refractivity contribution in [3.8, 4) is 0 Å². The lowest BCUT2D eigenvalue weighted by Gasteiger charge is -2.43. The molecule has 100 valence electrons. The molecule has 1 aliphatic heterocycles. The molecule has 1 heterocycles. The minimum atomic E-state index is 0.294. The van der Waals surface area contributed by atoms with E-state index < -0.39 is 0 Å². The van der Waals surface area contributed by atoms with Crippen molar-refractivity contribution in [1.82, 2.24) is 9.80 Å². The van der Waals surface area contributed by atoms with Crippen molar-refractivity contribution in [3.05, 3.63) is 0 Å². The van der Waals surface area contributed by atoms with Crippen LogP contribution < -0.4 is 5.73 Å². The van der Waals surface area contributed by atoms with Gasteiger partial charge in [-0.15, -0.1) is 0 Å². The second kappa shape index (κ2) is 5.68. The van der Waals surface area contributed by atoms with Crippen molar-refractivity contribution < 1.29 is 0 Å². The Kier molecular flexibility index (Phi) is 4.45. The van der Waals surface area contributed by atoms with Gasteiger partial charge in [-0.3, -0.25) is 4.90 Å². The third-order valence-corrected chi connectivity index (χ3v) is 4.75. The molecule has 0 spiro atoms. The molecule has 1 atom stereocenters. The lowest BCUT2D eigenvalue weighted by atomic mass is 9.88. The van der Waals surface area contributed by atoms with Crippen LogP contribution in [0.15, 0.2) is 0 Å². The fourth-order valence-corrected chi connectivity index (χ4v) is 3.23. The highest BCUT2D eigenvalue weighted by Crippen LogP contribution is 2.35. The fourth-order valence-electron chi connectivity index (χ4n) is 3.23. The summed E-state index contributed by atoms with van der Waals surface area (Å²) in [5, 5.41) is 0. The Hall–Kier alpha value is -0.120. The van der Waals surface area contributed by atoms with Gasteiger partial charge in [-0.1, -0.05) is 6.92 Å². The summed E-state index contributed by atoms with van der Waals surface area (Å²) in [5.41, 5.74) is 6.46. The van der Waals surface area contributed by atoms with Gasteiger partial charge < -0.3 is 10.6 Å². The number of hydrogen-bond acceptors (Lipinski definition) is 3. The van der Waals surface area contributed by atoms with Gasteiger partial charge in [-0.2, -0.15) is 0 Å². The third-order valence-electron chi connectivity index (χ3n) is 4.75. The van der Waals surface area contributed by atoms with Crippen molar-refractivity contribution in [2.24, 2.45) is 11.7 Å². The van der Waals surface area contributed by atoms with E-state index in [1.165, 1.54) is 51.7 Å². The van der Waals surface area contributed by atoms with Crippen LogP contribution in [0, 0.1) is 5.92 Å². The van der Waals surface area contributed by atoms with Crippen molar-refractivity contribution in [1.29, 1.82) is 0 Å². The molecule has 0 aromatic carbocycles. The van der Waals surface area contributed by atoms with Gasteiger partial charge in [0.1, 0.15) is 0 Å². The van der Waals surface area contributed by atoms with E-state index in [2.05, 4.69) is 23.8 Å². The van der Waals surface area contributed by atoms with Crippen LogP contribution >= 0.6 is 0 Å². The maximum Gasteiger partial charge on any atom is 0.0344 e. The van der Waals surface area contributed by atoms with Crippen LogP contribution in [0.2, 0.25) is 0 Å². The molecule has 0 bridgehead atoms. The van der Waals surface area contributed by atoms with E-state index in [0.29, 0.717) is 5.54 Å². The molecular weight excluding hydrogens is 210 g/mol. The SMILES string of the molecule is CCN(CC1CC1)C1(CN)CCCN(C)CC1. The van der Waals surface area contributed by atoms with Gasteiger partial charge in [0, 0.05) is 18.6 Å². The summed E-state index contributed by atoms with van der Waals surface area (Å²) < 4.78 is 0. The second-order valence-electron chi connectivity index (χ2n) is 6.07. The molecular formula is C14H29N3. The smallest absolute Gasteiger partial charge is 0.0344 e. The zero-order valence-electron chi connectivity index (χ0n) is 11.6. The first kappa shape index (κ1) is 13.3. The molecule has 1 saturated carbocycles. The van der Waals surface area contributed by atoms with Crippen molar-refractivity contribution in [2.75, 3.05) is 39.8 Å². The maximum atomic E-state index is 6.17. The van der Waals surface area contributed by atoms with Gasteiger partial charge in [0.25, 0.3) is 0 Å². The first-order valence-electron chi connectivity index (χ1n) is 7.34. The zero-order chi connectivity index (χ0) is 12.3.